The van der Waals surface area contributed by atoms with Crippen LogP contribution in [0.25, 0.3) is 0 Å². The quantitative estimate of drug-likeness (QED) is 0.939. The Morgan fingerprint density at radius 2 is 1.81 bits per heavy atom. The SMILES string of the molecule is Cn1ccc(CNc2ccc(S(=O)(=O)C(F)(F)F)cc2)n1. The standard InChI is InChI=1S/C12H12F3N3O2S/c1-18-7-6-10(17-18)8-16-9-2-4-11(5-3-9)21(19,20)12(13,14)15/h2-7,16H,8H2,1H3. The molecule has 0 bridgehead atoms. The second-order valence-electron chi connectivity index (χ2n) is 4.31. The summed E-state index contributed by atoms with van der Waals surface area (Å²) in [5.41, 5.74) is -4.04. The van der Waals surface area contributed by atoms with Crippen LogP contribution in [0.1, 0.15) is 5.69 Å². The van der Waals surface area contributed by atoms with Crippen molar-refractivity contribution < 1.29 is 21.6 Å². The molecule has 1 aromatic heterocycles. The lowest BCUT2D eigenvalue weighted by molar-refractivity contribution is -0.0436. The van der Waals surface area contributed by atoms with Crippen LogP contribution in [0.3, 0.4) is 0 Å². The number of anilines is 1. The van der Waals surface area contributed by atoms with E-state index in [9.17, 15) is 21.6 Å². The maximum absolute atomic E-state index is 12.4. The summed E-state index contributed by atoms with van der Waals surface area (Å²) in [4.78, 5) is -0.779. The van der Waals surface area contributed by atoms with Crippen LogP contribution in [0.5, 0.6) is 0 Å². The van der Waals surface area contributed by atoms with E-state index in [0.717, 1.165) is 17.8 Å². The fourth-order valence-corrected chi connectivity index (χ4v) is 2.40. The number of rotatable bonds is 4. The summed E-state index contributed by atoms with van der Waals surface area (Å²) in [7, 11) is -3.54. The number of nitrogens with one attached hydrogen (secondary N) is 1. The second kappa shape index (κ2) is 5.40. The first kappa shape index (κ1) is 15.4. The van der Waals surface area contributed by atoms with Gasteiger partial charge in [-0.3, -0.25) is 4.68 Å². The van der Waals surface area contributed by atoms with E-state index in [1.165, 1.54) is 12.1 Å². The molecule has 5 nitrogen and oxygen atoms in total. The molecule has 0 atom stereocenters. The highest BCUT2D eigenvalue weighted by Crippen LogP contribution is 2.30. The van der Waals surface area contributed by atoms with Gasteiger partial charge < -0.3 is 5.32 Å². The molecule has 0 unspecified atom stereocenters. The average molecular weight is 319 g/mol. The number of aromatic nitrogens is 2. The highest BCUT2D eigenvalue weighted by atomic mass is 32.2. The maximum atomic E-state index is 12.4. The molecule has 0 amide bonds. The predicted molar refractivity (Wildman–Crippen MR) is 70.2 cm³/mol. The molecule has 0 saturated heterocycles. The van der Waals surface area contributed by atoms with Crippen LogP contribution < -0.4 is 5.32 Å². The molecule has 0 aliphatic carbocycles. The minimum absolute atomic E-state index is 0.381. The molecule has 2 aromatic rings. The maximum Gasteiger partial charge on any atom is 0.501 e. The molecule has 9 heteroatoms. The lowest BCUT2D eigenvalue weighted by atomic mass is 10.3. The van der Waals surface area contributed by atoms with Crippen LogP contribution in [0.15, 0.2) is 41.4 Å². The third-order valence-electron chi connectivity index (χ3n) is 2.71. The van der Waals surface area contributed by atoms with Gasteiger partial charge in [0.05, 0.1) is 17.1 Å². The normalized spacial score (nSPS) is 12.4. The number of benzene rings is 1. The molecule has 1 heterocycles. The largest absolute Gasteiger partial charge is 0.501 e. The van der Waals surface area contributed by atoms with Gasteiger partial charge in [-0.05, 0) is 30.3 Å². The number of alkyl halides is 3. The van der Waals surface area contributed by atoms with Crippen molar-refractivity contribution in [1.82, 2.24) is 9.78 Å². The first-order valence-electron chi connectivity index (χ1n) is 5.84. The van der Waals surface area contributed by atoms with Gasteiger partial charge in [-0.25, -0.2) is 8.42 Å². The van der Waals surface area contributed by atoms with E-state index in [-0.39, 0.29) is 0 Å². The number of aryl methyl sites for hydroxylation is 1. The number of hydrogen-bond donors (Lipinski definition) is 1. The van der Waals surface area contributed by atoms with Crippen LogP contribution in [-0.2, 0) is 23.4 Å². The Kier molecular flexibility index (Phi) is 3.95. The Hall–Kier alpha value is -2.03. The second-order valence-corrected chi connectivity index (χ2v) is 6.25. The molecule has 0 fully saturated rings. The van der Waals surface area contributed by atoms with E-state index >= 15 is 0 Å². The van der Waals surface area contributed by atoms with Crippen LogP contribution in [-0.4, -0.2) is 23.7 Å². The number of hydrogen-bond acceptors (Lipinski definition) is 4. The molecule has 0 aliphatic heterocycles. The molecule has 114 valence electrons. The van der Waals surface area contributed by atoms with Gasteiger partial charge >= 0.3 is 5.51 Å². The minimum atomic E-state index is -5.30. The summed E-state index contributed by atoms with van der Waals surface area (Å²) in [6.45, 7) is 0.381. The first-order chi connectivity index (χ1) is 9.70. The first-order valence-corrected chi connectivity index (χ1v) is 7.32. The third kappa shape index (κ3) is 3.35. The van der Waals surface area contributed by atoms with Gasteiger partial charge in [0.15, 0.2) is 0 Å². The van der Waals surface area contributed by atoms with E-state index in [0.29, 0.717) is 12.2 Å². The molecular formula is C12H12F3N3O2S. The molecule has 0 aliphatic rings. The summed E-state index contributed by atoms with van der Waals surface area (Å²) >= 11 is 0. The van der Waals surface area contributed by atoms with Crippen molar-refractivity contribution in [1.29, 1.82) is 0 Å². The van der Waals surface area contributed by atoms with Crippen LogP contribution >= 0.6 is 0 Å². The fourth-order valence-electron chi connectivity index (χ4n) is 1.64. The van der Waals surface area contributed by atoms with E-state index in [2.05, 4.69) is 10.4 Å². The van der Waals surface area contributed by atoms with E-state index in [1.54, 1.807) is 24.0 Å². The zero-order valence-electron chi connectivity index (χ0n) is 10.9. The lowest BCUT2D eigenvalue weighted by Gasteiger charge is -2.09. The molecule has 1 N–H and O–H groups in total. The highest BCUT2D eigenvalue weighted by molar-refractivity contribution is 7.92. The average Bonchev–Trinajstić information content (AvgIpc) is 2.81. The molecule has 1 aromatic carbocycles. The Morgan fingerprint density at radius 1 is 1.19 bits per heavy atom. The third-order valence-corrected chi connectivity index (χ3v) is 4.21. The van der Waals surface area contributed by atoms with Crippen LogP contribution in [0.2, 0.25) is 0 Å². The minimum Gasteiger partial charge on any atom is -0.379 e. The molecule has 2 rings (SSSR count). The van der Waals surface area contributed by atoms with Crippen molar-refractivity contribution in [3.63, 3.8) is 0 Å². The summed E-state index contributed by atoms with van der Waals surface area (Å²) in [5.74, 6) is 0. The van der Waals surface area contributed by atoms with Crippen LogP contribution in [0, 0.1) is 0 Å². The Labute approximate surface area is 119 Å². The van der Waals surface area contributed by atoms with E-state index in [4.69, 9.17) is 0 Å². The fraction of sp³-hybridized carbons (Fsp3) is 0.250. The number of sulfone groups is 1. The Morgan fingerprint density at radius 3 is 2.29 bits per heavy atom. The highest BCUT2D eigenvalue weighted by Gasteiger charge is 2.46. The Balaban J connectivity index is 2.09. The van der Waals surface area contributed by atoms with Crippen LogP contribution in [0.4, 0.5) is 18.9 Å². The summed E-state index contributed by atoms with van der Waals surface area (Å²) in [6, 6.07) is 6.19. The monoisotopic (exact) mass is 319 g/mol. The smallest absolute Gasteiger partial charge is 0.379 e. The summed E-state index contributed by atoms with van der Waals surface area (Å²) in [6.07, 6.45) is 1.76. The van der Waals surface area contributed by atoms with E-state index < -0.39 is 20.2 Å². The molecule has 0 spiro atoms. The topological polar surface area (TPSA) is 64.0 Å². The molecule has 21 heavy (non-hydrogen) atoms. The van der Waals surface area contributed by atoms with Crippen molar-refractivity contribution in [2.75, 3.05) is 5.32 Å². The van der Waals surface area contributed by atoms with Crippen molar-refractivity contribution in [3.05, 3.63) is 42.2 Å². The van der Waals surface area contributed by atoms with Gasteiger partial charge in [0.1, 0.15) is 0 Å². The Bertz CT molecular complexity index is 721. The van der Waals surface area contributed by atoms with Crippen molar-refractivity contribution >= 4 is 15.5 Å². The van der Waals surface area contributed by atoms with Gasteiger partial charge in [0.2, 0.25) is 0 Å². The van der Waals surface area contributed by atoms with Gasteiger partial charge in [-0.1, -0.05) is 0 Å². The van der Waals surface area contributed by atoms with Gasteiger partial charge in [0.25, 0.3) is 9.84 Å². The molecule has 0 radical (unpaired) electrons. The van der Waals surface area contributed by atoms with Gasteiger partial charge in [-0.15, -0.1) is 0 Å². The number of nitrogens with zero attached hydrogens (tertiary/aromatic N) is 2. The summed E-state index contributed by atoms with van der Waals surface area (Å²) in [5, 5.41) is 7.06. The van der Waals surface area contributed by atoms with Crippen molar-refractivity contribution in [2.24, 2.45) is 7.05 Å². The van der Waals surface area contributed by atoms with Crippen molar-refractivity contribution in [3.8, 4) is 0 Å². The van der Waals surface area contributed by atoms with E-state index in [1.807, 2.05) is 0 Å². The lowest BCUT2D eigenvalue weighted by Crippen LogP contribution is -2.23. The zero-order valence-corrected chi connectivity index (χ0v) is 11.7. The summed E-state index contributed by atoms with van der Waals surface area (Å²) < 4.78 is 61.1. The molecule has 0 saturated carbocycles. The number of halogens is 3. The van der Waals surface area contributed by atoms with Crippen molar-refractivity contribution in [2.45, 2.75) is 16.9 Å². The van der Waals surface area contributed by atoms with Gasteiger partial charge in [0, 0.05) is 18.9 Å². The molecular weight excluding hydrogens is 307 g/mol. The zero-order chi connectivity index (χ0) is 15.7. The predicted octanol–water partition coefficient (Wildman–Crippen LogP) is 2.33. The van der Waals surface area contributed by atoms with Gasteiger partial charge in [-0.2, -0.15) is 18.3 Å².